The van der Waals surface area contributed by atoms with Gasteiger partial charge in [0.1, 0.15) is 0 Å². The quantitative estimate of drug-likeness (QED) is 0.879. The number of morpholine rings is 1. The topological polar surface area (TPSA) is 54.6 Å². The first-order valence-electron chi connectivity index (χ1n) is 7.35. The number of H-pyrrole nitrogens is 1. The van der Waals surface area contributed by atoms with Crippen LogP contribution >= 0.6 is 11.6 Å². The third kappa shape index (κ3) is 4.73. The molecule has 5 nitrogen and oxygen atoms in total. The van der Waals surface area contributed by atoms with E-state index in [1.54, 1.807) is 6.92 Å². The molecule has 0 radical (unpaired) electrons. The number of carbonyl (C=O) groups is 1. The Bertz CT molecular complexity index is 594. The van der Waals surface area contributed by atoms with Crippen LogP contribution in [0.25, 0.3) is 10.9 Å². The molecule has 1 aliphatic heterocycles. The first-order chi connectivity index (χ1) is 10.7. The van der Waals surface area contributed by atoms with E-state index in [9.17, 15) is 4.79 Å². The Morgan fingerprint density at radius 1 is 1.41 bits per heavy atom. The van der Waals surface area contributed by atoms with Crippen LogP contribution in [0.15, 0.2) is 24.4 Å². The van der Waals surface area contributed by atoms with Crippen molar-refractivity contribution in [2.24, 2.45) is 0 Å². The standard InChI is InChI=1S/C13H15ClN2O.C3H6O2/c14-12-7-10-1-2-15-13(10)11(8-12)9-16-3-5-17-6-4-16;1-2-5-3-4/h1-2,7-8,15H,3-6,9H2;3H,2H2,1H3. The van der Waals surface area contributed by atoms with Crippen molar-refractivity contribution >= 4 is 29.0 Å². The molecule has 1 aromatic carbocycles. The fourth-order valence-corrected chi connectivity index (χ4v) is 2.65. The molecule has 120 valence electrons. The molecule has 0 amide bonds. The Morgan fingerprint density at radius 2 is 2.18 bits per heavy atom. The summed E-state index contributed by atoms with van der Waals surface area (Å²) in [6, 6.07) is 6.11. The van der Waals surface area contributed by atoms with Gasteiger partial charge >= 0.3 is 0 Å². The number of aromatic amines is 1. The van der Waals surface area contributed by atoms with Crippen molar-refractivity contribution in [3.63, 3.8) is 0 Å². The van der Waals surface area contributed by atoms with Gasteiger partial charge in [-0.3, -0.25) is 9.69 Å². The molecule has 0 spiro atoms. The fourth-order valence-electron chi connectivity index (χ4n) is 2.40. The highest BCUT2D eigenvalue weighted by Gasteiger charge is 2.13. The lowest BCUT2D eigenvalue weighted by molar-refractivity contribution is -0.128. The Labute approximate surface area is 135 Å². The van der Waals surface area contributed by atoms with Crippen LogP contribution in [-0.4, -0.2) is 49.3 Å². The lowest BCUT2D eigenvalue weighted by Crippen LogP contribution is -2.35. The summed E-state index contributed by atoms with van der Waals surface area (Å²) in [4.78, 5) is 14.9. The Hall–Kier alpha value is -1.56. The van der Waals surface area contributed by atoms with E-state index in [2.05, 4.69) is 26.8 Å². The number of carbonyl (C=O) groups excluding carboxylic acids is 1. The number of nitrogens with one attached hydrogen (secondary N) is 1. The molecular formula is C16H21ClN2O3. The minimum atomic E-state index is 0.431. The first-order valence-corrected chi connectivity index (χ1v) is 7.73. The molecule has 1 saturated heterocycles. The first kappa shape index (κ1) is 16.8. The monoisotopic (exact) mass is 324 g/mol. The number of fused-ring (bicyclic) bond motifs is 1. The van der Waals surface area contributed by atoms with E-state index in [0.29, 0.717) is 13.1 Å². The summed E-state index contributed by atoms with van der Waals surface area (Å²) in [5.74, 6) is 0. The van der Waals surface area contributed by atoms with Gasteiger partial charge in [-0.05, 0) is 30.7 Å². The molecule has 22 heavy (non-hydrogen) atoms. The Morgan fingerprint density at radius 3 is 2.82 bits per heavy atom. The Kier molecular flexibility index (Phi) is 6.71. The number of nitrogens with zero attached hydrogens (tertiary/aromatic N) is 1. The predicted octanol–water partition coefficient (Wildman–Crippen LogP) is 2.83. The van der Waals surface area contributed by atoms with Crippen molar-refractivity contribution < 1.29 is 14.3 Å². The van der Waals surface area contributed by atoms with Gasteiger partial charge in [-0.15, -0.1) is 0 Å². The van der Waals surface area contributed by atoms with Gasteiger partial charge in [-0.1, -0.05) is 11.6 Å². The molecule has 1 fully saturated rings. The zero-order valence-electron chi connectivity index (χ0n) is 12.7. The molecule has 1 aliphatic rings. The van der Waals surface area contributed by atoms with Gasteiger partial charge in [-0.25, -0.2) is 0 Å². The van der Waals surface area contributed by atoms with Crippen LogP contribution in [-0.2, 0) is 20.8 Å². The summed E-state index contributed by atoms with van der Waals surface area (Å²) in [6.45, 7) is 7.24. The number of aromatic nitrogens is 1. The van der Waals surface area contributed by atoms with Crippen LogP contribution in [0.3, 0.4) is 0 Å². The summed E-state index contributed by atoms with van der Waals surface area (Å²) >= 11 is 6.14. The molecule has 1 aromatic heterocycles. The van der Waals surface area contributed by atoms with E-state index in [1.165, 1.54) is 16.5 Å². The summed E-state index contributed by atoms with van der Waals surface area (Å²) in [5.41, 5.74) is 2.46. The molecule has 2 aromatic rings. The van der Waals surface area contributed by atoms with E-state index >= 15 is 0 Å². The summed E-state index contributed by atoms with van der Waals surface area (Å²) in [5, 5.41) is 1.99. The fraction of sp³-hybridized carbons (Fsp3) is 0.438. The van der Waals surface area contributed by atoms with E-state index in [4.69, 9.17) is 16.3 Å². The van der Waals surface area contributed by atoms with Gasteiger partial charge < -0.3 is 14.5 Å². The number of benzene rings is 1. The van der Waals surface area contributed by atoms with E-state index in [1.807, 2.05) is 12.3 Å². The van der Waals surface area contributed by atoms with Crippen LogP contribution < -0.4 is 0 Å². The van der Waals surface area contributed by atoms with Crippen molar-refractivity contribution in [2.45, 2.75) is 13.5 Å². The van der Waals surface area contributed by atoms with Gasteiger partial charge in [0.2, 0.25) is 0 Å². The van der Waals surface area contributed by atoms with Crippen molar-refractivity contribution in [3.8, 4) is 0 Å². The molecule has 3 rings (SSSR count). The number of ether oxygens (including phenoxy) is 2. The van der Waals surface area contributed by atoms with Crippen molar-refractivity contribution in [2.75, 3.05) is 32.9 Å². The summed E-state index contributed by atoms with van der Waals surface area (Å²) < 4.78 is 9.51. The number of hydrogen-bond acceptors (Lipinski definition) is 4. The largest absolute Gasteiger partial charge is 0.468 e. The average molecular weight is 325 g/mol. The lowest BCUT2D eigenvalue weighted by Gasteiger charge is -2.26. The highest BCUT2D eigenvalue weighted by molar-refractivity contribution is 6.31. The molecule has 0 aliphatic carbocycles. The SMILES string of the molecule is CCOC=O.Clc1cc(CN2CCOCC2)c2[nH]ccc2c1. The zero-order chi connectivity index (χ0) is 15.8. The second kappa shape index (κ2) is 8.78. The third-order valence-electron chi connectivity index (χ3n) is 3.44. The van der Waals surface area contributed by atoms with Crippen molar-refractivity contribution in [1.29, 1.82) is 0 Å². The number of rotatable bonds is 4. The minimum absolute atomic E-state index is 0.431. The molecule has 0 saturated carbocycles. The maximum absolute atomic E-state index is 9.18. The molecule has 2 heterocycles. The second-order valence-electron chi connectivity index (χ2n) is 4.95. The van der Waals surface area contributed by atoms with Gasteiger partial charge in [0.05, 0.1) is 25.3 Å². The van der Waals surface area contributed by atoms with E-state index in [0.717, 1.165) is 37.9 Å². The average Bonchev–Trinajstić information content (AvgIpc) is 2.98. The van der Waals surface area contributed by atoms with Crippen LogP contribution in [0.1, 0.15) is 12.5 Å². The van der Waals surface area contributed by atoms with Crippen LogP contribution in [0.5, 0.6) is 0 Å². The van der Waals surface area contributed by atoms with Crippen LogP contribution in [0.2, 0.25) is 5.02 Å². The van der Waals surface area contributed by atoms with Crippen LogP contribution in [0.4, 0.5) is 0 Å². The van der Waals surface area contributed by atoms with Crippen molar-refractivity contribution in [3.05, 3.63) is 35.0 Å². The Balaban J connectivity index is 0.000000309. The highest BCUT2D eigenvalue weighted by atomic mass is 35.5. The third-order valence-corrected chi connectivity index (χ3v) is 3.66. The minimum Gasteiger partial charge on any atom is -0.468 e. The van der Waals surface area contributed by atoms with Crippen LogP contribution in [0, 0.1) is 0 Å². The molecule has 6 heteroatoms. The maximum Gasteiger partial charge on any atom is 0.293 e. The molecule has 0 unspecified atom stereocenters. The smallest absolute Gasteiger partial charge is 0.293 e. The molecule has 0 atom stereocenters. The molecular weight excluding hydrogens is 304 g/mol. The number of hydrogen-bond donors (Lipinski definition) is 1. The van der Waals surface area contributed by atoms with Gasteiger partial charge in [0.15, 0.2) is 0 Å². The zero-order valence-corrected chi connectivity index (χ0v) is 13.4. The summed E-state index contributed by atoms with van der Waals surface area (Å²) in [6.07, 6.45) is 1.96. The molecule has 0 bridgehead atoms. The lowest BCUT2D eigenvalue weighted by atomic mass is 10.1. The normalized spacial score (nSPS) is 15.2. The van der Waals surface area contributed by atoms with Gasteiger partial charge in [0.25, 0.3) is 6.47 Å². The van der Waals surface area contributed by atoms with Gasteiger partial charge in [0, 0.05) is 36.2 Å². The predicted molar refractivity (Wildman–Crippen MR) is 87.1 cm³/mol. The summed E-state index contributed by atoms with van der Waals surface area (Å²) in [7, 11) is 0. The van der Waals surface area contributed by atoms with Gasteiger partial charge in [-0.2, -0.15) is 0 Å². The second-order valence-corrected chi connectivity index (χ2v) is 5.38. The van der Waals surface area contributed by atoms with Crippen molar-refractivity contribution in [1.82, 2.24) is 9.88 Å². The molecule has 1 N–H and O–H groups in total. The maximum atomic E-state index is 9.18. The van der Waals surface area contributed by atoms with E-state index < -0.39 is 0 Å². The highest BCUT2D eigenvalue weighted by Crippen LogP contribution is 2.24. The van der Waals surface area contributed by atoms with E-state index in [-0.39, 0.29) is 0 Å². The number of halogens is 1.